The zero-order valence-electron chi connectivity index (χ0n) is 17.6. The summed E-state index contributed by atoms with van der Waals surface area (Å²) in [6.45, 7) is 9.61. The van der Waals surface area contributed by atoms with Gasteiger partial charge in [0.15, 0.2) is 0 Å². The maximum atomic E-state index is 12.5. The van der Waals surface area contributed by atoms with Gasteiger partial charge in [-0.15, -0.1) is 0 Å². The third kappa shape index (κ3) is 4.67. The second-order valence-corrected chi connectivity index (χ2v) is 8.40. The highest BCUT2D eigenvalue weighted by Gasteiger charge is 2.22. The second-order valence-electron chi connectivity index (χ2n) is 8.40. The monoisotopic (exact) mass is 390 g/mol. The lowest BCUT2D eigenvalue weighted by Gasteiger charge is -2.32. The van der Waals surface area contributed by atoms with Crippen molar-refractivity contribution >= 4 is 22.6 Å². The summed E-state index contributed by atoms with van der Waals surface area (Å²) < 4.78 is 2.35. The average Bonchev–Trinajstić information content (AvgIpc) is 2.98. The zero-order chi connectivity index (χ0) is 20.4. The number of anilines is 1. The largest absolute Gasteiger partial charge is 0.328 e. The predicted octanol–water partition coefficient (Wildman–Crippen LogP) is 4.31. The number of para-hydroxylation sites is 2. The van der Waals surface area contributed by atoms with Crippen LogP contribution in [0, 0.1) is 26.7 Å². The van der Waals surface area contributed by atoms with E-state index in [4.69, 9.17) is 0 Å². The van der Waals surface area contributed by atoms with E-state index in [1.807, 2.05) is 18.2 Å². The number of nitrogens with zero attached hydrogens (tertiary/aromatic N) is 3. The smallest absolute Gasteiger partial charge is 0.238 e. The summed E-state index contributed by atoms with van der Waals surface area (Å²) in [6, 6.07) is 14.5. The normalized spacial score (nSPS) is 15.7. The number of imidazole rings is 1. The molecule has 2 aromatic carbocycles. The number of amides is 1. The van der Waals surface area contributed by atoms with Crippen LogP contribution in [0.15, 0.2) is 42.5 Å². The lowest BCUT2D eigenvalue weighted by molar-refractivity contribution is -0.117. The summed E-state index contributed by atoms with van der Waals surface area (Å²) in [4.78, 5) is 19.4. The Labute approximate surface area is 172 Å². The predicted molar refractivity (Wildman–Crippen MR) is 118 cm³/mol. The van der Waals surface area contributed by atoms with Crippen molar-refractivity contribution in [2.75, 3.05) is 25.0 Å². The zero-order valence-corrected chi connectivity index (χ0v) is 17.6. The maximum Gasteiger partial charge on any atom is 0.238 e. The molecule has 1 fully saturated rings. The second kappa shape index (κ2) is 8.37. The molecule has 0 bridgehead atoms. The Kier molecular flexibility index (Phi) is 5.67. The van der Waals surface area contributed by atoms with Crippen molar-refractivity contribution in [3.63, 3.8) is 0 Å². The van der Waals surface area contributed by atoms with Crippen LogP contribution in [0.1, 0.15) is 29.8 Å². The number of hydrogen-bond acceptors (Lipinski definition) is 3. The number of aromatic nitrogens is 2. The van der Waals surface area contributed by atoms with Gasteiger partial charge in [-0.2, -0.15) is 0 Å². The van der Waals surface area contributed by atoms with Gasteiger partial charge in [-0.1, -0.05) is 18.2 Å². The highest BCUT2D eigenvalue weighted by molar-refractivity contribution is 5.92. The number of benzene rings is 2. The molecule has 1 aliphatic heterocycles. The van der Waals surface area contributed by atoms with Crippen molar-refractivity contribution < 1.29 is 4.79 Å². The number of likely N-dealkylation sites (tertiary alicyclic amines) is 1. The molecule has 4 rings (SSSR count). The molecule has 1 N–H and O–H groups in total. The fourth-order valence-electron chi connectivity index (χ4n) is 4.46. The number of fused-ring (bicyclic) bond motifs is 1. The Morgan fingerprint density at radius 2 is 1.76 bits per heavy atom. The number of carbonyl (C=O) groups is 1. The van der Waals surface area contributed by atoms with Gasteiger partial charge >= 0.3 is 0 Å². The number of nitrogens with one attached hydrogen (secondary N) is 1. The van der Waals surface area contributed by atoms with Gasteiger partial charge < -0.3 is 9.88 Å². The van der Waals surface area contributed by atoms with Gasteiger partial charge in [0.05, 0.1) is 17.6 Å². The van der Waals surface area contributed by atoms with E-state index in [2.05, 4.69) is 64.8 Å². The van der Waals surface area contributed by atoms with Crippen LogP contribution in [0.2, 0.25) is 0 Å². The lowest BCUT2D eigenvalue weighted by Crippen LogP contribution is -2.40. The Hall–Kier alpha value is -2.66. The minimum atomic E-state index is 0.0740. The standard InChI is InChI=1S/C24H30N4O/c1-17-12-18(2)14-21(13-17)26-24(29)16-27-10-8-20(9-11-27)15-28-19(3)25-22-6-4-5-7-23(22)28/h4-7,12-14,20H,8-11,15-16H2,1-3H3,(H,26,29). The van der Waals surface area contributed by atoms with Crippen LogP contribution in [-0.2, 0) is 11.3 Å². The van der Waals surface area contributed by atoms with Gasteiger partial charge in [-0.25, -0.2) is 4.98 Å². The first-order valence-electron chi connectivity index (χ1n) is 10.5. The van der Waals surface area contributed by atoms with Crippen LogP contribution in [0.4, 0.5) is 5.69 Å². The third-order valence-corrected chi connectivity index (χ3v) is 5.87. The highest BCUT2D eigenvalue weighted by Crippen LogP contribution is 2.23. The topological polar surface area (TPSA) is 50.2 Å². The molecule has 5 nitrogen and oxygen atoms in total. The van der Waals surface area contributed by atoms with Gasteiger partial charge in [-0.05, 0) is 88.0 Å². The molecule has 1 amide bonds. The van der Waals surface area contributed by atoms with Crippen molar-refractivity contribution in [1.29, 1.82) is 0 Å². The Balaban J connectivity index is 1.30. The molecule has 1 aromatic heterocycles. The van der Waals surface area contributed by atoms with E-state index in [0.717, 1.165) is 49.5 Å². The van der Waals surface area contributed by atoms with E-state index in [-0.39, 0.29) is 5.91 Å². The van der Waals surface area contributed by atoms with Crippen LogP contribution >= 0.6 is 0 Å². The third-order valence-electron chi connectivity index (χ3n) is 5.87. The quantitative estimate of drug-likeness (QED) is 0.706. The van der Waals surface area contributed by atoms with Crippen LogP contribution in [-0.4, -0.2) is 40.0 Å². The molecule has 0 spiro atoms. The van der Waals surface area contributed by atoms with Gasteiger partial charge in [-0.3, -0.25) is 9.69 Å². The molecule has 29 heavy (non-hydrogen) atoms. The van der Waals surface area contributed by atoms with Crippen LogP contribution < -0.4 is 5.32 Å². The first kappa shape index (κ1) is 19.6. The minimum Gasteiger partial charge on any atom is -0.328 e. The fraction of sp³-hybridized carbons (Fsp3) is 0.417. The number of carbonyl (C=O) groups excluding carboxylic acids is 1. The van der Waals surface area contributed by atoms with Crippen molar-refractivity contribution in [3.8, 4) is 0 Å². The van der Waals surface area contributed by atoms with Crippen LogP contribution in [0.3, 0.4) is 0 Å². The number of aryl methyl sites for hydroxylation is 3. The summed E-state index contributed by atoms with van der Waals surface area (Å²) in [5.41, 5.74) is 5.53. The molecule has 3 aromatic rings. The van der Waals surface area contributed by atoms with Crippen molar-refractivity contribution in [2.45, 2.75) is 40.2 Å². The van der Waals surface area contributed by atoms with Crippen molar-refractivity contribution in [2.24, 2.45) is 5.92 Å². The van der Waals surface area contributed by atoms with E-state index in [9.17, 15) is 4.79 Å². The molecule has 152 valence electrons. The van der Waals surface area contributed by atoms with Crippen LogP contribution in [0.25, 0.3) is 11.0 Å². The summed E-state index contributed by atoms with van der Waals surface area (Å²) in [5, 5.41) is 3.05. The van der Waals surface area contributed by atoms with E-state index >= 15 is 0 Å². The molecule has 1 saturated heterocycles. The average molecular weight is 391 g/mol. The van der Waals surface area contributed by atoms with Crippen molar-refractivity contribution in [1.82, 2.24) is 14.5 Å². The molecule has 2 heterocycles. The molecule has 1 aliphatic rings. The summed E-state index contributed by atoms with van der Waals surface area (Å²) in [7, 11) is 0. The molecular formula is C24H30N4O. The molecule has 0 atom stereocenters. The van der Waals surface area contributed by atoms with Gasteiger partial charge in [0.25, 0.3) is 0 Å². The van der Waals surface area contributed by atoms with E-state index in [1.54, 1.807) is 0 Å². The van der Waals surface area contributed by atoms with Gasteiger partial charge in [0.2, 0.25) is 5.91 Å². The highest BCUT2D eigenvalue weighted by atomic mass is 16.2. The Bertz CT molecular complexity index is 995. The SMILES string of the molecule is Cc1cc(C)cc(NC(=O)CN2CCC(Cn3c(C)nc4ccccc43)CC2)c1. The molecule has 5 heteroatoms. The molecule has 0 aliphatic carbocycles. The maximum absolute atomic E-state index is 12.5. The Morgan fingerprint density at radius 1 is 1.07 bits per heavy atom. The van der Waals surface area contributed by atoms with Crippen molar-refractivity contribution in [3.05, 3.63) is 59.4 Å². The molecule has 0 unspecified atom stereocenters. The summed E-state index contributed by atoms with van der Waals surface area (Å²) in [6.07, 6.45) is 2.23. The minimum absolute atomic E-state index is 0.0740. The summed E-state index contributed by atoms with van der Waals surface area (Å²) in [5.74, 6) is 1.79. The van der Waals surface area contributed by atoms with Gasteiger partial charge in [0, 0.05) is 12.2 Å². The van der Waals surface area contributed by atoms with E-state index in [1.165, 1.54) is 16.6 Å². The first-order chi connectivity index (χ1) is 14.0. The number of rotatable bonds is 5. The van der Waals surface area contributed by atoms with Gasteiger partial charge in [0.1, 0.15) is 5.82 Å². The molecule has 0 saturated carbocycles. The summed E-state index contributed by atoms with van der Waals surface area (Å²) >= 11 is 0. The Morgan fingerprint density at radius 3 is 2.48 bits per heavy atom. The first-order valence-corrected chi connectivity index (χ1v) is 10.5. The van der Waals surface area contributed by atoms with E-state index < -0.39 is 0 Å². The molecule has 0 radical (unpaired) electrons. The number of hydrogen-bond donors (Lipinski definition) is 1. The number of piperidine rings is 1. The molecular weight excluding hydrogens is 360 g/mol. The fourth-order valence-corrected chi connectivity index (χ4v) is 4.46. The lowest BCUT2D eigenvalue weighted by atomic mass is 9.96. The van der Waals surface area contributed by atoms with Crippen LogP contribution in [0.5, 0.6) is 0 Å². The van der Waals surface area contributed by atoms with E-state index in [0.29, 0.717) is 12.5 Å².